The maximum absolute atomic E-state index is 5.94. The zero-order chi connectivity index (χ0) is 12.8. The van der Waals surface area contributed by atoms with Gasteiger partial charge >= 0.3 is 0 Å². The summed E-state index contributed by atoms with van der Waals surface area (Å²) in [6, 6.07) is 5.58. The molecule has 0 heterocycles. The summed E-state index contributed by atoms with van der Waals surface area (Å²) in [6.45, 7) is 5.34. The molecule has 0 aliphatic heterocycles. The van der Waals surface area contributed by atoms with E-state index in [2.05, 4.69) is 19.2 Å². The van der Waals surface area contributed by atoms with Crippen LogP contribution in [-0.4, -0.2) is 11.5 Å². The average molecular weight is 271 g/mol. The molecular weight excluding hydrogens is 252 g/mol. The molecule has 0 fully saturated rings. The highest BCUT2D eigenvalue weighted by atomic mass is 35.5. The van der Waals surface area contributed by atoms with Crippen LogP contribution in [0.1, 0.15) is 32.3 Å². The van der Waals surface area contributed by atoms with E-state index in [4.69, 9.17) is 29.6 Å². The van der Waals surface area contributed by atoms with E-state index in [1.54, 1.807) is 6.07 Å². The molecule has 1 rings (SSSR count). The highest BCUT2D eigenvalue weighted by molar-refractivity contribution is 7.80. The Balaban J connectivity index is 2.80. The minimum Gasteiger partial charge on any atom is -0.389 e. The molecule has 0 aromatic heterocycles. The first-order valence-electron chi connectivity index (χ1n) is 5.91. The number of hydrogen-bond acceptors (Lipinski definition) is 2. The molecule has 0 bridgehead atoms. The van der Waals surface area contributed by atoms with Crippen LogP contribution in [0.3, 0.4) is 0 Å². The van der Waals surface area contributed by atoms with Crippen molar-refractivity contribution in [1.82, 2.24) is 0 Å². The summed E-state index contributed by atoms with van der Waals surface area (Å²) >= 11 is 11.0. The average Bonchev–Trinajstić information content (AvgIpc) is 2.31. The number of benzene rings is 1. The minimum atomic E-state index is 0.375. The lowest BCUT2D eigenvalue weighted by Crippen LogP contribution is -2.17. The van der Waals surface area contributed by atoms with Crippen LogP contribution in [0.2, 0.25) is 5.02 Å². The van der Waals surface area contributed by atoms with Crippen LogP contribution < -0.4 is 11.1 Å². The molecule has 0 aliphatic carbocycles. The standard InChI is InChI=1S/C13H19ClN2S/c1-3-9(4-2)8-16-12-6-5-10(14)7-11(12)13(15)17/h5-7,9,16H,3-4,8H2,1-2H3,(H2,15,17). The van der Waals surface area contributed by atoms with Crippen molar-refractivity contribution in [3.8, 4) is 0 Å². The lowest BCUT2D eigenvalue weighted by atomic mass is 10.0. The molecule has 0 saturated heterocycles. The summed E-state index contributed by atoms with van der Waals surface area (Å²) < 4.78 is 0. The molecule has 1 aromatic rings. The van der Waals surface area contributed by atoms with Crippen molar-refractivity contribution in [3.05, 3.63) is 28.8 Å². The van der Waals surface area contributed by atoms with Crippen LogP contribution >= 0.6 is 23.8 Å². The summed E-state index contributed by atoms with van der Waals surface area (Å²) in [5, 5.41) is 4.05. The minimum absolute atomic E-state index is 0.375. The molecule has 0 spiro atoms. The van der Waals surface area contributed by atoms with E-state index >= 15 is 0 Å². The Morgan fingerprint density at radius 1 is 1.41 bits per heavy atom. The Labute approximate surface area is 114 Å². The van der Waals surface area contributed by atoms with E-state index < -0.39 is 0 Å². The zero-order valence-corrected chi connectivity index (χ0v) is 11.9. The number of thiocarbonyl (C=S) groups is 1. The van der Waals surface area contributed by atoms with Gasteiger partial charge in [-0.15, -0.1) is 0 Å². The fraction of sp³-hybridized carbons (Fsp3) is 0.462. The highest BCUT2D eigenvalue weighted by Gasteiger charge is 2.08. The lowest BCUT2D eigenvalue weighted by Gasteiger charge is -2.16. The number of halogens is 1. The van der Waals surface area contributed by atoms with Gasteiger partial charge in [-0.25, -0.2) is 0 Å². The second-order valence-electron chi connectivity index (χ2n) is 4.12. The molecule has 0 aliphatic rings. The lowest BCUT2D eigenvalue weighted by molar-refractivity contribution is 0.519. The van der Waals surface area contributed by atoms with Crippen molar-refractivity contribution in [2.24, 2.45) is 11.7 Å². The van der Waals surface area contributed by atoms with Crippen molar-refractivity contribution in [2.75, 3.05) is 11.9 Å². The van der Waals surface area contributed by atoms with E-state index in [9.17, 15) is 0 Å². The van der Waals surface area contributed by atoms with Gasteiger partial charge in [0, 0.05) is 22.8 Å². The van der Waals surface area contributed by atoms with E-state index in [-0.39, 0.29) is 0 Å². The van der Waals surface area contributed by atoms with Gasteiger partial charge in [-0.05, 0) is 24.1 Å². The van der Waals surface area contributed by atoms with Crippen molar-refractivity contribution < 1.29 is 0 Å². The van der Waals surface area contributed by atoms with Gasteiger partial charge in [-0.3, -0.25) is 0 Å². The van der Waals surface area contributed by atoms with Crippen LogP contribution in [0, 0.1) is 5.92 Å². The fourth-order valence-corrected chi connectivity index (χ4v) is 2.05. The second kappa shape index (κ2) is 6.82. The molecular formula is C13H19ClN2S. The quantitative estimate of drug-likeness (QED) is 0.772. The Morgan fingerprint density at radius 2 is 2.06 bits per heavy atom. The number of nitrogens with one attached hydrogen (secondary N) is 1. The summed E-state index contributed by atoms with van der Waals surface area (Å²) in [5.74, 6) is 0.671. The topological polar surface area (TPSA) is 38.0 Å². The van der Waals surface area contributed by atoms with E-state index in [1.807, 2.05) is 12.1 Å². The van der Waals surface area contributed by atoms with Crippen molar-refractivity contribution in [3.63, 3.8) is 0 Å². The van der Waals surface area contributed by atoms with Crippen molar-refractivity contribution in [2.45, 2.75) is 26.7 Å². The fourth-order valence-electron chi connectivity index (χ4n) is 1.71. The van der Waals surface area contributed by atoms with Gasteiger partial charge in [0.15, 0.2) is 0 Å². The van der Waals surface area contributed by atoms with Crippen LogP contribution in [0.4, 0.5) is 5.69 Å². The van der Waals surface area contributed by atoms with Crippen LogP contribution in [0.5, 0.6) is 0 Å². The largest absolute Gasteiger partial charge is 0.389 e. The predicted molar refractivity (Wildman–Crippen MR) is 79.9 cm³/mol. The molecule has 4 heteroatoms. The monoisotopic (exact) mass is 270 g/mol. The summed E-state index contributed by atoms with van der Waals surface area (Å²) in [4.78, 5) is 0.375. The third-order valence-corrected chi connectivity index (χ3v) is 3.44. The smallest absolute Gasteiger partial charge is 0.106 e. The molecule has 17 heavy (non-hydrogen) atoms. The molecule has 0 radical (unpaired) electrons. The van der Waals surface area contributed by atoms with E-state index in [1.165, 1.54) is 12.8 Å². The van der Waals surface area contributed by atoms with Gasteiger partial charge in [0.05, 0.1) is 0 Å². The van der Waals surface area contributed by atoms with E-state index in [0.29, 0.717) is 15.9 Å². The van der Waals surface area contributed by atoms with Crippen LogP contribution in [0.15, 0.2) is 18.2 Å². The first-order valence-corrected chi connectivity index (χ1v) is 6.70. The van der Waals surface area contributed by atoms with Gasteiger partial charge in [-0.1, -0.05) is 50.5 Å². The Bertz CT molecular complexity index is 389. The molecule has 3 N–H and O–H groups in total. The summed E-state index contributed by atoms with van der Waals surface area (Å²) in [5.41, 5.74) is 7.47. The number of rotatable bonds is 6. The number of anilines is 1. The Hall–Kier alpha value is -0.800. The third kappa shape index (κ3) is 4.17. The van der Waals surface area contributed by atoms with Crippen LogP contribution in [0.25, 0.3) is 0 Å². The molecule has 0 amide bonds. The first-order chi connectivity index (χ1) is 8.08. The highest BCUT2D eigenvalue weighted by Crippen LogP contribution is 2.21. The second-order valence-corrected chi connectivity index (χ2v) is 4.99. The maximum Gasteiger partial charge on any atom is 0.106 e. The van der Waals surface area contributed by atoms with Gasteiger partial charge < -0.3 is 11.1 Å². The van der Waals surface area contributed by atoms with Gasteiger partial charge in [0.1, 0.15) is 4.99 Å². The molecule has 94 valence electrons. The SMILES string of the molecule is CCC(CC)CNc1ccc(Cl)cc1C(N)=S. The Morgan fingerprint density at radius 3 is 2.59 bits per heavy atom. The van der Waals surface area contributed by atoms with Gasteiger partial charge in [0.25, 0.3) is 0 Å². The summed E-state index contributed by atoms with van der Waals surface area (Å²) in [6.07, 6.45) is 2.33. The molecule has 0 atom stereocenters. The predicted octanol–water partition coefficient (Wildman–Crippen LogP) is 3.82. The normalized spacial score (nSPS) is 10.6. The Kier molecular flexibility index (Phi) is 5.72. The molecule has 0 saturated carbocycles. The third-order valence-electron chi connectivity index (χ3n) is 2.98. The van der Waals surface area contributed by atoms with E-state index in [0.717, 1.165) is 17.8 Å². The molecule has 1 aromatic carbocycles. The van der Waals surface area contributed by atoms with Crippen molar-refractivity contribution in [1.29, 1.82) is 0 Å². The first kappa shape index (κ1) is 14.3. The summed E-state index contributed by atoms with van der Waals surface area (Å²) in [7, 11) is 0. The number of hydrogen-bond donors (Lipinski definition) is 2. The maximum atomic E-state index is 5.94. The molecule has 2 nitrogen and oxygen atoms in total. The number of nitrogens with two attached hydrogens (primary N) is 1. The van der Waals surface area contributed by atoms with Crippen LogP contribution in [-0.2, 0) is 0 Å². The zero-order valence-electron chi connectivity index (χ0n) is 10.3. The molecule has 0 unspecified atom stereocenters. The van der Waals surface area contributed by atoms with Crippen molar-refractivity contribution >= 4 is 34.5 Å². The van der Waals surface area contributed by atoms with Gasteiger partial charge in [0.2, 0.25) is 0 Å². The van der Waals surface area contributed by atoms with Gasteiger partial charge in [-0.2, -0.15) is 0 Å².